The Balaban J connectivity index is 2.29. The maximum Gasteiger partial charge on any atom is 0.280 e. The molecule has 0 spiro atoms. The van der Waals surface area contributed by atoms with E-state index in [0.717, 1.165) is 0 Å². The number of rotatable bonds is 3. The van der Waals surface area contributed by atoms with Gasteiger partial charge in [-0.05, 0) is 29.8 Å². The van der Waals surface area contributed by atoms with E-state index in [1.807, 2.05) is 13.8 Å². The van der Waals surface area contributed by atoms with Crippen LogP contribution in [-0.4, -0.2) is 27.9 Å². The summed E-state index contributed by atoms with van der Waals surface area (Å²) in [7, 11) is 1.63. The Bertz CT molecular complexity index is 547. The second-order valence-electron chi connectivity index (χ2n) is 4.12. The third kappa shape index (κ3) is 2.31. The predicted molar refractivity (Wildman–Crippen MR) is 69.5 cm³/mol. The number of carbonyl (C=O) groups excluding carboxylic acids is 1. The molecule has 6 nitrogen and oxygen atoms in total. The number of carbonyl (C=O) groups is 1. The zero-order valence-electron chi connectivity index (χ0n) is 10.3. The molecule has 0 atom stereocenters. The molecule has 0 radical (unpaired) electrons. The first-order chi connectivity index (χ1) is 8.50. The molecule has 0 saturated carbocycles. The van der Waals surface area contributed by atoms with Gasteiger partial charge in [-0.3, -0.25) is 14.4 Å². The summed E-state index contributed by atoms with van der Waals surface area (Å²) in [6.07, 6.45) is 3.20. The number of amides is 1. The predicted octanol–water partition coefficient (Wildman–Crippen LogP) is 2.49. The third-order valence-corrected chi connectivity index (χ3v) is 3.07. The van der Waals surface area contributed by atoms with Crippen molar-refractivity contribution in [3.8, 4) is 0 Å². The van der Waals surface area contributed by atoms with Crippen molar-refractivity contribution < 1.29 is 9.32 Å². The quantitative estimate of drug-likeness (QED) is 0.873. The molecule has 2 heterocycles. The Morgan fingerprint density at radius 3 is 2.78 bits per heavy atom. The average molecular weight is 313 g/mol. The van der Waals surface area contributed by atoms with Gasteiger partial charge in [0.05, 0.1) is 4.47 Å². The van der Waals surface area contributed by atoms with Crippen molar-refractivity contribution in [2.75, 3.05) is 11.9 Å². The van der Waals surface area contributed by atoms with E-state index in [4.69, 9.17) is 4.52 Å². The summed E-state index contributed by atoms with van der Waals surface area (Å²) in [5.41, 5.74) is 0.356. The fourth-order valence-electron chi connectivity index (χ4n) is 1.42. The molecule has 0 aliphatic carbocycles. The van der Waals surface area contributed by atoms with Gasteiger partial charge in [0.1, 0.15) is 6.26 Å². The monoisotopic (exact) mass is 312 g/mol. The van der Waals surface area contributed by atoms with Crippen LogP contribution in [0.3, 0.4) is 0 Å². The van der Waals surface area contributed by atoms with Crippen LogP contribution in [-0.2, 0) is 0 Å². The second-order valence-corrected chi connectivity index (χ2v) is 4.98. The molecule has 0 N–H and O–H groups in total. The van der Waals surface area contributed by atoms with Gasteiger partial charge in [-0.25, -0.2) is 0 Å². The first kappa shape index (κ1) is 12.8. The molecule has 0 aliphatic rings. The van der Waals surface area contributed by atoms with E-state index in [1.165, 1.54) is 11.2 Å². The molecule has 7 heteroatoms. The van der Waals surface area contributed by atoms with E-state index in [0.29, 0.717) is 16.0 Å². The molecule has 0 aromatic carbocycles. The SMILES string of the molecule is CC(C)n1cc(Br)c(C(=O)N(C)c2ccon2)n1. The van der Waals surface area contributed by atoms with Crippen LogP contribution in [0.25, 0.3) is 0 Å². The van der Waals surface area contributed by atoms with Crippen LogP contribution in [0, 0.1) is 0 Å². The lowest BCUT2D eigenvalue weighted by molar-refractivity contribution is 0.0985. The average Bonchev–Trinajstić information content (AvgIpc) is 2.95. The van der Waals surface area contributed by atoms with E-state index < -0.39 is 0 Å². The van der Waals surface area contributed by atoms with Crippen LogP contribution in [0.4, 0.5) is 5.82 Å². The number of anilines is 1. The van der Waals surface area contributed by atoms with Gasteiger partial charge in [-0.2, -0.15) is 5.10 Å². The van der Waals surface area contributed by atoms with E-state index >= 15 is 0 Å². The van der Waals surface area contributed by atoms with Crippen molar-refractivity contribution in [3.05, 3.63) is 28.7 Å². The molecule has 96 valence electrons. The van der Waals surface area contributed by atoms with Crippen molar-refractivity contribution >= 4 is 27.7 Å². The second kappa shape index (κ2) is 4.93. The van der Waals surface area contributed by atoms with Gasteiger partial charge in [-0.15, -0.1) is 0 Å². The van der Waals surface area contributed by atoms with Gasteiger partial charge in [0.2, 0.25) is 0 Å². The van der Waals surface area contributed by atoms with Crippen molar-refractivity contribution in [3.63, 3.8) is 0 Å². The van der Waals surface area contributed by atoms with Gasteiger partial charge in [0.15, 0.2) is 11.5 Å². The summed E-state index contributed by atoms with van der Waals surface area (Å²) in [5, 5.41) is 7.97. The van der Waals surface area contributed by atoms with Crippen molar-refractivity contribution in [2.24, 2.45) is 0 Å². The van der Waals surface area contributed by atoms with Crippen LogP contribution >= 0.6 is 15.9 Å². The van der Waals surface area contributed by atoms with E-state index in [2.05, 4.69) is 26.2 Å². The lowest BCUT2D eigenvalue weighted by Crippen LogP contribution is -2.27. The Morgan fingerprint density at radius 2 is 2.28 bits per heavy atom. The minimum atomic E-state index is -0.241. The summed E-state index contributed by atoms with van der Waals surface area (Å²) in [4.78, 5) is 13.6. The standard InChI is InChI=1S/C11H13BrN4O2/c1-7(2)16-6-8(12)10(13-16)11(17)15(3)9-4-5-18-14-9/h4-7H,1-3H3. The zero-order chi connectivity index (χ0) is 13.3. The largest absolute Gasteiger partial charge is 0.363 e. The first-order valence-electron chi connectivity index (χ1n) is 5.43. The van der Waals surface area contributed by atoms with Crippen molar-refractivity contribution in [1.82, 2.24) is 14.9 Å². The topological polar surface area (TPSA) is 64.2 Å². The minimum absolute atomic E-state index is 0.195. The molecule has 0 unspecified atom stereocenters. The highest BCUT2D eigenvalue weighted by Gasteiger charge is 2.22. The lowest BCUT2D eigenvalue weighted by Gasteiger charge is -2.11. The summed E-state index contributed by atoms with van der Waals surface area (Å²) in [5.74, 6) is 0.209. The number of hydrogen-bond donors (Lipinski definition) is 0. The molecule has 0 aliphatic heterocycles. The molecule has 2 aromatic heterocycles. The van der Waals surface area contributed by atoms with Crippen LogP contribution in [0.1, 0.15) is 30.4 Å². The van der Waals surface area contributed by atoms with Crippen LogP contribution in [0.5, 0.6) is 0 Å². The first-order valence-corrected chi connectivity index (χ1v) is 6.23. The van der Waals surface area contributed by atoms with E-state index in [1.54, 1.807) is 24.0 Å². The molecular formula is C11H13BrN4O2. The zero-order valence-corrected chi connectivity index (χ0v) is 11.9. The molecule has 2 rings (SSSR count). The highest BCUT2D eigenvalue weighted by atomic mass is 79.9. The van der Waals surface area contributed by atoms with E-state index in [9.17, 15) is 4.79 Å². The molecule has 0 saturated heterocycles. The molecular weight excluding hydrogens is 300 g/mol. The lowest BCUT2D eigenvalue weighted by atomic mass is 10.4. The summed E-state index contributed by atoms with van der Waals surface area (Å²) in [6, 6.07) is 1.81. The third-order valence-electron chi connectivity index (χ3n) is 2.49. The molecule has 0 fully saturated rings. The van der Waals surface area contributed by atoms with Gasteiger partial charge >= 0.3 is 0 Å². The van der Waals surface area contributed by atoms with Crippen molar-refractivity contribution in [1.29, 1.82) is 0 Å². The molecule has 2 aromatic rings. The van der Waals surface area contributed by atoms with Crippen molar-refractivity contribution in [2.45, 2.75) is 19.9 Å². The summed E-state index contributed by atoms with van der Waals surface area (Å²) in [6.45, 7) is 3.99. The Labute approximate surface area is 113 Å². The normalized spacial score (nSPS) is 10.9. The number of halogens is 1. The Hall–Kier alpha value is -1.63. The Morgan fingerprint density at radius 1 is 1.56 bits per heavy atom. The number of hydrogen-bond acceptors (Lipinski definition) is 4. The maximum atomic E-state index is 12.2. The summed E-state index contributed by atoms with van der Waals surface area (Å²) >= 11 is 3.34. The van der Waals surface area contributed by atoms with Crippen LogP contribution in [0.2, 0.25) is 0 Å². The fourth-order valence-corrected chi connectivity index (χ4v) is 1.88. The van der Waals surface area contributed by atoms with Crippen LogP contribution < -0.4 is 4.90 Å². The summed E-state index contributed by atoms with van der Waals surface area (Å²) < 4.78 is 7.11. The Kier molecular flexibility index (Phi) is 3.51. The molecule has 1 amide bonds. The maximum absolute atomic E-state index is 12.2. The van der Waals surface area contributed by atoms with E-state index in [-0.39, 0.29) is 11.9 Å². The molecule has 18 heavy (non-hydrogen) atoms. The number of aromatic nitrogens is 3. The fraction of sp³-hybridized carbons (Fsp3) is 0.364. The smallest absolute Gasteiger partial charge is 0.280 e. The van der Waals surface area contributed by atoms with Gasteiger partial charge in [0, 0.05) is 25.4 Å². The number of nitrogens with zero attached hydrogens (tertiary/aromatic N) is 4. The highest BCUT2D eigenvalue weighted by molar-refractivity contribution is 9.10. The van der Waals surface area contributed by atoms with Crippen LogP contribution in [0.15, 0.2) is 27.5 Å². The molecule has 0 bridgehead atoms. The van der Waals surface area contributed by atoms with Gasteiger partial charge in [0.25, 0.3) is 5.91 Å². The van der Waals surface area contributed by atoms with Gasteiger partial charge in [-0.1, -0.05) is 5.16 Å². The van der Waals surface area contributed by atoms with Gasteiger partial charge < -0.3 is 4.52 Å². The highest BCUT2D eigenvalue weighted by Crippen LogP contribution is 2.20. The minimum Gasteiger partial charge on any atom is -0.363 e.